The molecule has 1 aliphatic heterocycles. The third-order valence-corrected chi connectivity index (χ3v) is 5.42. The normalized spacial score (nSPS) is 20.0. The molecule has 2 aliphatic rings. The summed E-state index contributed by atoms with van der Waals surface area (Å²) in [7, 11) is 0. The lowest BCUT2D eigenvalue weighted by molar-refractivity contribution is -0.122. The average Bonchev–Trinajstić information content (AvgIpc) is 3.00. The zero-order valence-electron chi connectivity index (χ0n) is 14.7. The maximum atomic E-state index is 12.4. The third kappa shape index (κ3) is 3.44. The van der Waals surface area contributed by atoms with E-state index in [9.17, 15) is 4.79 Å². The van der Waals surface area contributed by atoms with Crippen molar-refractivity contribution >= 4 is 5.91 Å². The number of aryl methyl sites for hydroxylation is 2. The van der Waals surface area contributed by atoms with E-state index in [0.29, 0.717) is 19.0 Å². The molecular formula is C19H25N5O. The second-order valence-corrected chi connectivity index (χ2v) is 7.12. The Labute approximate surface area is 148 Å². The molecule has 25 heavy (non-hydrogen) atoms. The van der Waals surface area contributed by atoms with Gasteiger partial charge >= 0.3 is 0 Å². The van der Waals surface area contributed by atoms with Crippen LogP contribution in [0.5, 0.6) is 0 Å². The van der Waals surface area contributed by atoms with Crippen molar-refractivity contribution in [3.05, 3.63) is 47.0 Å². The van der Waals surface area contributed by atoms with Gasteiger partial charge in [0, 0.05) is 25.6 Å². The van der Waals surface area contributed by atoms with Crippen molar-refractivity contribution in [3.63, 3.8) is 0 Å². The molecule has 6 nitrogen and oxygen atoms in total. The first kappa shape index (κ1) is 16.3. The standard InChI is InChI=1S/C19H25N5O/c1-14-21-22-18-12-23(9-10-24(14)18)13-19(25)20-11-16-7-4-6-15-5-2-3-8-17(15)16/h2-3,5,8,16H,4,6-7,9-13H2,1H3,(H,20,25). The lowest BCUT2D eigenvalue weighted by Crippen LogP contribution is -2.42. The van der Waals surface area contributed by atoms with Crippen LogP contribution in [0, 0.1) is 6.92 Å². The van der Waals surface area contributed by atoms with Crippen molar-refractivity contribution in [1.82, 2.24) is 25.0 Å². The van der Waals surface area contributed by atoms with E-state index < -0.39 is 0 Å². The molecule has 2 aromatic rings. The highest BCUT2D eigenvalue weighted by Crippen LogP contribution is 2.30. The maximum Gasteiger partial charge on any atom is 0.234 e. The number of amides is 1. The van der Waals surface area contributed by atoms with E-state index in [1.165, 1.54) is 17.5 Å². The topological polar surface area (TPSA) is 63.1 Å². The molecule has 1 aromatic carbocycles. The molecule has 1 amide bonds. The van der Waals surface area contributed by atoms with Crippen molar-refractivity contribution < 1.29 is 4.79 Å². The molecule has 0 bridgehead atoms. The van der Waals surface area contributed by atoms with Crippen molar-refractivity contribution in [3.8, 4) is 0 Å². The number of nitrogens with zero attached hydrogens (tertiary/aromatic N) is 4. The Bertz CT molecular complexity index is 769. The summed E-state index contributed by atoms with van der Waals surface area (Å²) in [6, 6.07) is 8.64. The summed E-state index contributed by atoms with van der Waals surface area (Å²) in [6.45, 7) is 5.56. The van der Waals surface area contributed by atoms with Gasteiger partial charge in [-0.1, -0.05) is 24.3 Å². The van der Waals surface area contributed by atoms with E-state index in [0.717, 1.165) is 44.1 Å². The highest BCUT2D eigenvalue weighted by Gasteiger charge is 2.23. The van der Waals surface area contributed by atoms with Crippen LogP contribution in [0.4, 0.5) is 0 Å². The predicted octanol–water partition coefficient (Wildman–Crippen LogP) is 1.64. The Hall–Kier alpha value is -2.21. The molecule has 0 fully saturated rings. The molecule has 132 valence electrons. The Balaban J connectivity index is 1.30. The first-order chi connectivity index (χ1) is 12.2. The number of benzene rings is 1. The van der Waals surface area contributed by atoms with E-state index >= 15 is 0 Å². The van der Waals surface area contributed by atoms with E-state index in [1.54, 1.807) is 0 Å². The lowest BCUT2D eigenvalue weighted by atomic mass is 9.83. The third-order valence-electron chi connectivity index (χ3n) is 5.42. The number of aromatic nitrogens is 3. The monoisotopic (exact) mass is 339 g/mol. The summed E-state index contributed by atoms with van der Waals surface area (Å²) in [5, 5.41) is 11.5. The smallest absolute Gasteiger partial charge is 0.234 e. The van der Waals surface area contributed by atoms with Gasteiger partial charge in [0.25, 0.3) is 0 Å². The van der Waals surface area contributed by atoms with Crippen molar-refractivity contribution in [2.24, 2.45) is 0 Å². The summed E-state index contributed by atoms with van der Waals surface area (Å²) < 4.78 is 2.13. The van der Waals surface area contributed by atoms with Crippen LogP contribution in [-0.4, -0.2) is 45.2 Å². The van der Waals surface area contributed by atoms with Gasteiger partial charge in [0.1, 0.15) is 11.6 Å². The summed E-state index contributed by atoms with van der Waals surface area (Å²) in [5.74, 6) is 2.46. The van der Waals surface area contributed by atoms with E-state index in [-0.39, 0.29) is 5.91 Å². The minimum absolute atomic E-state index is 0.104. The number of carbonyl (C=O) groups excluding carboxylic acids is 1. The van der Waals surface area contributed by atoms with Crippen LogP contribution >= 0.6 is 0 Å². The van der Waals surface area contributed by atoms with Crippen LogP contribution < -0.4 is 5.32 Å². The second-order valence-electron chi connectivity index (χ2n) is 7.12. The Kier molecular flexibility index (Phi) is 4.53. The SMILES string of the molecule is Cc1nnc2n1CCN(CC(=O)NCC1CCCc3ccccc31)C2. The van der Waals surface area contributed by atoms with Gasteiger partial charge in [-0.05, 0) is 37.3 Å². The van der Waals surface area contributed by atoms with E-state index in [2.05, 4.69) is 49.2 Å². The Morgan fingerprint density at radius 1 is 1.28 bits per heavy atom. The van der Waals surface area contributed by atoms with Crippen LogP contribution in [0.3, 0.4) is 0 Å². The zero-order chi connectivity index (χ0) is 17.2. The number of fused-ring (bicyclic) bond motifs is 2. The van der Waals surface area contributed by atoms with Crippen LogP contribution in [0.2, 0.25) is 0 Å². The molecule has 0 saturated carbocycles. The highest BCUT2D eigenvalue weighted by atomic mass is 16.2. The maximum absolute atomic E-state index is 12.4. The summed E-state index contributed by atoms with van der Waals surface area (Å²) in [4.78, 5) is 14.5. The van der Waals surface area contributed by atoms with Crippen LogP contribution in [0.25, 0.3) is 0 Å². The first-order valence-corrected chi connectivity index (χ1v) is 9.16. The first-order valence-electron chi connectivity index (χ1n) is 9.16. The molecule has 4 rings (SSSR count). The van der Waals surface area contributed by atoms with Crippen LogP contribution in [0.15, 0.2) is 24.3 Å². The van der Waals surface area contributed by atoms with Crippen LogP contribution in [0.1, 0.15) is 41.5 Å². The molecule has 2 heterocycles. The Morgan fingerprint density at radius 3 is 3.08 bits per heavy atom. The van der Waals surface area contributed by atoms with Crippen molar-refractivity contribution in [1.29, 1.82) is 0 Å². The molecular weight excluding hydrogens is 314 g/mol. The molecule has 6 heteroatoms. The van der Waals surface area contributed by atoms with Crippen LogP contribution in [-0.2, 0) is 24.3 Å². The van der Waals surface area contributed by atoms with E-state index in [1.807, 2.05) is 6.92 Å². The molecule has 1 aromatic heterocycles. The summed E-state index contributed by atoms with van der Waals surface area (Å²) in [6.07, 6.45) is 3.52. The fraction of sp³-hybridized carbons (Fsp3) is 0.526. The van der Waals surface area contributed by atoms with Gasteiger partial charge in [-0.2, -0.15) is 0 Å². The molecule has 0 radical (unpaired) electrons. The number of hydrogen-bond acceptors (Lipinski definition) is 4. The molecule has 0 spiro atoms. The van der Waals surface area contributed by atoms with E-state index in [4.69, 9.17) is 0 Å². The number of nitrogens with one attached hydrogen (secondary N) is 1. The largest absolute Gasteiger partial charge is 0.354 e. The number of rotatable bonds is 4. The van der Waals surface area contributed by atoms with Gasteiger partial charge in [-0.3, -0.25) is 9.69 Å². The fourth-order valence-corrected chi connectivity index (χ4v) is 4.05. The molecule has 0 saturated heterocycles. The summed E-state index contributed by atoms with van der Waals surface area (Å²) in [5.41, 5.74) is 2.86. The highest BCUT2D eigenvalue weighted by molar-refractivity contribution is 5.78. The minimum Gasteiger partial charge on any atom is -0.354 e. The average molecular weight is 339 g/mol. The Morgan fingerprint density at radius 2 is 2.16 bits per heavy atom. The minimum atomic E-state index is 0.104. The molecule has 1 N–H and O–H groups in total. The van der Waals surface area contributed by atoms with Gasteiger partial charge in [0.15, 0.2) is 0 Å². The van der Waals surface area contributed by atoms with Gasteiger partial charge in [-0.25, -0.2) is 0 Å². The lowest BCUT2D eigenvalue weighted by Gasteiger charge is -2.28. The fourth-order valence-electron chi connectivity index (χ4n) is 4.05. The van der Waals surface area contributed by atoms with Crippen molar-refractivity contribution in [2.75, 3.05) is 19.6 Å². The number of carbonyl (C=O) groups is 1. The zero-order valence-corrected chi connectivity index (χ0v) is 14.7. The van der Waals surface area contributed by atoms with Crippen molar-refractivity contribution in [2.45, 2.75) is 45.2 Å². The predicted molar refractivity (Wildman–Crippen MR) is 95.2 cm³/mol. The summed E-state index contributed by atoms with van der Waals surface area (Å²) >= 11 is 0. The van der Waals surface area contributed by atoms with Gasteiger partial charge in [0.2, 0.25) is 5.91 Å². The number of hydrogen-bond donors (Lipinski definition) is 1. The van der Waals surface area contributed by atoms with Gasteiger partial charge in [0.05, 0.1) is 13.1 Å². The molecule has 1 aliphatic carbocycles. The van der Waals surface area contributed by atoms with Gasteiger partial charge < -0.3 is 9.88 Å². The second kappa shape index (κ2) is 6.96. The quantitative estimate of drug-likeness (QED) is 0.920. The van der Waals surface area contributed by atoms with Gasteiger partial charge in [-0.15, -0.1) is 10.2 Å². The molecule has 1 atom stereocenters. The molecule has 1 unspecified atom stereocenters.